The molecule has 2 aromatic heterocycles. The number of hydrogen-bond donors (Lipinski definition) is 1. The maximum Gasteiger partial charge on any atom is 0.196 e. The third-order valence-electron chi connectivity index (χ3n) is 2.21. The first kappa shape index (κ1) is 11.4. The molecule has 0 fully saturated rings. The summed E-state index contributed by atoms with van der Waals surface area (Å²) in [7, 11) is 0. The van der Waals surface area contributed by atoms with Crippen molar-refractivity contribution in [3.8, 4) is 10.6 Å². The molecular formula is C12H16N2OS. The van der Waals surface area contributed by atoms with Crippen molar-refractivity contribution in [3.63, 3.8) is 0 Å². The summed E-state index contributed by atoms with van der Waals surface area (Å²) in [5, 5.41) is 5.38. The van der Waals surface area contributed by atoms with Gasteiger partial charge in [-0.05, 0) is 11.4 Å². The molecule has 0 saturated heterocycles. The van der Waals surface area contributed by atoms with E-state index in [1.807, 2.05) is 17.5 Å². The Hall–Kier alpha value is -1.13. The third-order valence-corrected chi connectivity index (χ3v) is 3.09. The van der Waals surface area contributed by atoms with Crippen LogP contribution in [0.15, 0.2) is 28.1 Å². The van der Waals surface area contributed by atoms with Crippen LogP contribution in [0.25, 0.3) is 10.6 Å². The van der Waals surface area contributed by atoms with Crippen LogP contribution in [0.3, 0.4) is 0 Å². The van der Waals surface area contributed by atoms with Gasteiger partial charge < -0.3 is 9.73 Å². The molecule has 0 saturated carbocycles. The van der Waals surface area contributed by atoms with E-state index in [9.17, 15) is 0 Å². The summed E-state index contributed by atoms with van der Waals surface area (Å²) >= 11 is 1.67. The normalized spacial score (nSPS) is 11.2. The zero-order valence-electron chi connectivity index (χ0n) is 9.56. The Morgan fingerprint density at radius 2 is 2.38 bits per heavy atom. The third kappa shape index (κ3) is 2.93. The molecule has 16 heavy (non-hydrogen) atoms. The first-order valence-corrected chi connectivity index (χ1v) is 6.35. The Kier molecular flexibility index (Phi) is 3.74. The van der Waals surface area contributed by atoms with Gasteiger partial charge in [0.05, 0.1) is 11.1 Å². The van der Waals surface area contributed by atoms with Crippen LogP contribution in [0.5, 0.6) is 0 Å². The van der Waals surface area contributed by atoms with Gasteiger partial charge in [-0.2, -0.15) is 0 Å². The summed E-state index contributed by atoms with van der Waals surface area (Å²) in [5.74, 6) is 1.67. The highest BCUT2D eigenvalue weighted by Crippen LogP contribution is 2.25. The van der Waals surface area contributed by atoms with Gasteiger partial charge in [0.1, 0.15) is 0 Å². The Labute approximate surface area is 99.5 Å². The Bertz CT molecular complexity index is 420. The molecule has 0 bridgehead atoms. The minimum absolute atomic E-state index is 0.506. The molecule has 0 atom stereocenters. The fraction of sp³-hybridized carbons (Fsp3) is 0.417. The van der Waals surface area contributed by atoms with Crippen LogP contribution >= 0.6 is 11.3 Å². The molecule has 2 rings (SSSR count). The van der Waals surface area contributed by atoms with Crippen LogP contribution in [0, 0.1) is 0 Å². The summed E-state index contributed by atoms with van der Waals surface area (Å²) < 4.78 is 5.67. The van der Waals surface area contributed by atoms with Gasteiger partial charge in [0, 0.05) is 19.0 Å². The molecule has 1 N–H and O–H groups in total. The molecule has 0 aliphatic rings. The van der Waals surface area contributed by atoms with Gasteiger partial charge >= 0.3 is 0 Å². The Morgan fingerprint density at radius 3 is 3.06 bits per heavy atom. The summed E-state index contributed by atoms with van der Waals surface area (Å²) in [4.78, 5) is 5.40. The molecule has 4 heteroatoms. The fourth-order valence-electron chi connectivity index (χ4n) is 1.43. The second-order valence-corrected chi connectivity index (χ2v) is 4.90. The highest BCUT2D eigenvalue weighted by Gasteiger charge is 2.06. The summed E-state index contributed by atoms with van der Waals surface area (Å²) in [6, 6.07) is 4.57. The number of oxazole rings is 1. The number of thiophene rings is 1. The maximum absolute atomic E-state index is 5.67. The van der Waals surface area contributed by atoms with E-state index in [2.05, 4.69) is 24.1 Å². The molecular weight excluding hydrogens is 220 g/mol. The maximum atomic E-state index is 5.67. The van der Waals surface area contributed by atoms with Crippen LogP contribution in [0.1, 0.15) is 19.7 Å². The lowest BCUT2D eigenvalue weighted by molar-refractivity contribution is 0.485. The van der Waals surface area contributed by atoms with Gasteiger partial charge in [0.25, 0.3) is 0 Å². The van der Waals surface area contributed by atoms with Crippen molar-refractivity contribution in [2.75, 3.05) is 6.54 Å². The standard InChI is InChI=1S/C12H16N2OS/c1-9(2)13-6-5-12-14-8-10(15-12)11-4-3-7-16-11/h3-4,7-9,13H,5-6H2,1-2H3. The SMILES string of the molecule is CC(C)NCCc1ncc(-c2cccs2)o1. The van der Waals surface area contributed by atoms with Crippen molar-refractivity contribution in [1.82, 2.24) is 10.3 Å². The van der Waals surface area contributed by atoms with Crippen molar-refractivity contribution in [1.29, 1.82) is 0 Å². The van der Waals surface area contributed by atoms with Crippen LogP contribution in [-0.2, 0) is 6.42 Å². The topological polar surface area (TPSA) is 38.1 Å². The molecule has 0 radical (unpaired) electrons. The number of hydrogen-bond acceptors (Lipinski definition) is 4. The summed E-state index contributed by atoms with van der Waals surface area (Å²) in [6.45, 7) is 5.17. The monoisotopic (exact) mass is 236 g/mol. The molecule has 2 aromatic rings. The molecule has 0 unspecified atom stereocenters. The predicted molar refractivity (Wildman–Crippen MR) is 66.7 cm³/mol. The van der Waals surface area contributed by atoms with Crippen molar-refractivity contribution in [3.05, 3.63) is 29.6 Å². The second kappa shape index (κ2) is 5.27. The molecule has 2 heterocycles. The minimum atomic E-state index is 0.506. The first-order chi connectivity index (χ1) is 7.75. The van der Waals surface area contributed by atoms with E-state index >= 15 is 0 Å². The van der Waals surface area contributed by atoms with Crippen LogP contribution in [0.2, 0.25) is 0 Å². The van der Waals surface area contributed by atoms with Gasteiger partial charge in [0.2, 0.25) is 0 Å². The lowest BCUT2D eigenvalue weighted by Gasteiger charge is -2.05. The molecule has 3 nitrogen and oxygen atoms in total. The van der Waals surface area contributed by atoms with E-state index in [0.29, 0.717) is 6.04 Å². The Morgan fingerprint density at radius 1 is 1.50 bits per heavy atom. The average molecular weight is 236 g/mol. The van der Waals surface area contributed by atoms with E-state index in [-0.39, 0.29) is 0 Å². The van der Waals surface area contributed by atoms with Crippen LogP contribution in [-0.4, -0.2) is 17.6 Å². The number of rotatable bonds is 5. The Balaban J connectivity index is 1.93. The van der Waals surface area contributed by atoms with E-state index in [1.165, 1.54) is 0 Å². The lowest BCUT2D eigenvalue weighted by Crippen LogP contribution is -2.24. The van der Waals surface area contributed by atoms with E-state index < -0.39 is 0 Å². The zero-order chi connectivity index (χ0) is 11.4. The van der Waals surface area contributed by atoms with Crippen LogP contribution < -0.4 is 5.32 Å². The van der Waals surface area contributed by atoms with Gasteiger partial charge in [-0.3, -0.25) is 0 Å². The first-order valence-electron chi connectivity index (χ1n) is 5.47. The number of nitrogens with zero attached hydrogens (tertiary/aromatic N) is 1. The molecule has 0 amide bonds. The van der Waals surface area contributed by atoms with Gasteiger partial charge in [0.15, 0.2) is 11.7 Å². The molecule has 86 valence electrons. The number of aromatic nitrogens is 1. The van der Waals surface area contributed by atoms with E-state index in [0.717, 1.165) is 29.5 Å². The fourth-order valence-corrected chi connectivity index (χ4v) is 2.10. The van der Waals surface area contributed by atoms with Crippen molar-refractivity contribution >= 4 is 11.3 Å². The molecule has 0 aromatic carbocycles. The van der Waals surface area contributed by atoms with Gasteiger partial charge in [-0.1, -0.05) is 19.9 Å². The largest absolute Gasteiger partial charge is 0.440 e. The highest BCUT2D eigenvalue weighted by atomic mass is 32.1. The molecule has 0 aliphatic heterocycles. The summed E-state index contributed by atoms with van der Waals surface area (Å²) in [5.41, 5.74) is 0. The molecule has 0 spiro atoms. The van der Waals surface area contributed by atoms with E-state index in [1.54, 1.807) is 17.5 Å². The van der Waals surface area contributed by atoms with Crippen molar-refractivity contribution < 1.29 is 4.42 Å². The zero-order valence-corrected chi connectivity index (χ0v) is 10.4. The lowest BCUT2D eigenvalue weighted by atomic mass is 10.3. The number of nitrogens with one attached hydrogen (secondary N) is 1. The van der Waals surface area contributed by atoms with Gasteiger partial charge in [-0.25, -0.2) is 4.98 Å². The second-order valence-electron chi connectivity index (χ2n) is 3.95. The van der Waals surface area contributed by atoms with Crippen molar-refractivity contribution in [2.24, 2.45) is 0 Å². The minimum Gasteiger partial charge on any atom is -0.440 e. The van der Waals surface area contributed by atoms with Crippen LogP contribution in [0.4, 0.5) is 0 Å². The average Bonchev–Trinajstić information content (AvgIpc) is 2.85. The summed E-state index contributed by atoms with van der Waals surface area (Å²) in [6.07, 6.45) is 2.64. The van der Waals surface area contributed by atoms with E-state index in [4.69, 9.17) is 4.42 Å². The molecule has 0 aliphatic carbocycles. The van der Waals surface area contributed by atoms with Gasteiger partial charge in [-0.15, -0.1) is 11.3 Å². The highest BCUT2D eigenvalue weighted by molar-refractivity contribution is 7.13. The van der Waals surface area contributed by atoms with Crippen molar-refractivity contribution in [2.45, 2.75) is 26.3 Å². The smallest absolute Gasteiger partial charge is 0.196 e. The quantitative estimate of drug-likeness (QED) is 0.867. The predicted octanol–water partition coefficient (Wildman–Crippen LogP) is 2.94.